The second kappa shape index (κ2) is 7.32. The SMILES string of the molecule is CCC(C)(C)NCc1c(Br)ccc(OC)c1OC(C)C. The van der Waals surface area contributed by atoms with E-state index in [1.165, 1.54) is 0 Å². The second-order valence-electron chi connectivity index (χ2n) is 5.81. The van der Waals surface area contributed by atoms with E-state index < -0.39 is 0 Å². The van der Waals surface area contributed by atoms with Crippen molar-refractivity contribution in [2.24, 2.45) is 0 Å². The van der Waals surface area contributed by atoms with Crippen molar-refractivity contribution in [3.8, 4) is 11.5 Å². The van der Waals surface area contributed by atoms with Gasteiger partial charge >= 0.3 is 0 Å². The van der Waals surface area contributed by atoms with Crippen LogP contribution in [0, 0.1) is 0 Å². The topological polar surface area (TPSA) is 30.5 Å². The zero-order valence-electron chi connectivity index (χ0n) is 13.3. The molecule has 1 aromatic rings. The summed E-state index contributed by atoms with van der Waals surface area (Å²) in [5.74, 6) is 1.59. The van der Waals surface area contributed by atoms with Crippen LogP contribution in [-0.4, -0.2) is 18.8 Å². The lowest BCUT2D eigenvalue weighted by atomic mass is 10.0. The Kier molecular flexibility index (Phi) is 6.34. The molecule has 0 atom stereocenters. The standard InChI is InChI=1S/C16H26BrNO2/c1-7-16(4,5)18-10-12-13(17)8-9-14(19-6)15(12)20-11(2)3/h8-9,11,18H,7,10H2,1-6H3. The molecule has 0 aliphatic heterocycles. The Morgan fingerprint density at radius 1 is 1.30 bits per heavy atom. The van der Waals surface area contributed by atoms with E-state index in [2.05, 4.69) is 42.0 Å². The van der Waals surface area contributed by atoms with Crippen LogP contribution in [0.3, 0.4) is 0 Å². The first-order valence-corrected chi connectivity index (χ1v) is 7.87. The minimum Gasteiger partial charge on any atom is -0.493 e. The van der Waals surface area contributed by atoms with E-state index in [0.29, 0.717) is 0 Å². The molecule has 0 unspecified atom stereocenters. The van der Waals surface area contributed by atoms with Gasteiger partial charge in [0.15, 0.2) is 11.5 Å². The molecule has 0 aliphatic carbocycles. The molecule has 0 spiro atoms. The maximum atomic E-state index is 5.95. The maximum Gasteiger partial charge on any atom is 0.167 e. The highest BCUT2D eigenvalue weighted by Crippen LogP contribution is 2.37. The van der Waals surface area contributed by atoms with Gasteiger partial charge in [-0.2, -0.15) is 0 Å². The Labute approximate surface area is 131 Å². The van der Waals surface area contributed by atoms with Gasteiger partial charge in [0.2, 0.25) is 0 Å². The Bertz CT molecular complexity index is 444. The van der Waals surface area contributed by atoms with E-state index in [1.54, 1.807) is 7.11 Å². The average Bonchev–Trinajstić information content (AvgIpc) is 2.38. The van der Waals surface area contributed by atoms with Crippen molar-refractivity contribution >= 4 is 15.9 Å². The van der Waals surface area contributed by atoms with Crippen LogP contribution in [0.4, 0.5) is 0 Å². The van der Waals surface area contributed by atoms with Crippen molar-refractivity contribution in [3.63, 3.8) is 0 Å². The molecule has 0 aliphatic rings. The third-order valence-electron chi connectivity index (χ3n) is 3.37. The van der Waals surface area contributed by atoms with Crippen LogP contribution < -0.4 is 14.8 Å². The molecule has 0 aromatic heterocycles. The molecule has 114 valence electrons. The van der Waals surface area contributed by atoms with Gasteiger partial charge in [-0.05, 0) is 46.2 Å². The summed E-state index contributed by atoms with van der Waals surface area (Å²) in [6.07, 6.45) is 1.17. The molecule has 1 rings (SSSR count). The normalized spacial score (nSPS) is 11.8. The quantitative estimate of drug-likeness (QED) is 0.789. The van der Waals surface area contributed by atoms with Crippen LogP contribution >= 0.6 is 15.9 Å². The molecule has 1 N–H and O–H groups in total. The molecule has 0 saturated heterocycles. The van der Waals surface area contributed by atoms with Gasteiger partial charge in [-0.15, -0.1) is 0 Å². The number of ether oxygens (including phenoxy) is 2. The molecule has 1 aromatic carbocycles. The molecule has 0 bridgehead atoms. The fraction of sp³-hybridized carbons (Fsp3) is 0.625. The van der Waals surface area contributed by atoms with Gasteiger partial charge in [0, 0.05) is 22.1 Å². The first kappa shape index (κ1) is 17.3. The third kappa shape index (κ3) is 4.67. The van der Waals surface area contributed by atoms with Gasteiger partial charge in [-0.25, -0.2) is 0 Å². The Morgan fingerprint density at radius 2 is 1.95 bits per heavy atom. The highest BCUT2D eigenvalue weighted by Gasteiger charge is 2.19. The molecule has 4 heteroatoms. The van der Waals surface area contributed by atoms with Crippen molar-refractivity contribution in [2.75, 3.05) is 7.11 Å². The number of methoxy groups -OCH3 is 1. The van der Waals surface area contributed by atoms with Crippen molar-refractivity contribution in [1.82, 2.24) is 5.32 Å². The van der Waals surface area contributed by atoms with Gasteiger partial charge in [0.25, 0.3) is 0 Å². The number of benzene rings is 1. The van der Waals surface area contributed by atoms with Crippen LogP contribution in [0.5, 0.6) is 11.5 Å². The van der Waals surface area contributed by atoms with Gasteiger partial charge in [-0.1, -0.05) is 22.9 Å². The molecule has 0 heterocycles. The van der Waals surface area contributed by atoms with Gasteiger partial charge < -0.3 is 14.8 Å². The molecular weight excluding hydrogens is 318 g/mol. The van der Waals surface area contributed by atoms with Crippen molar-refractivity contribution in [2.45, 2.75) is 59.2 Å². The lowest BCUT2D eigenvalue weighted by Gasteiger charge is -2.26. The first-order chi connectivity index (χ1) is 9.30. The Balaban J connectivity index is 3.08. The zero-order valence-corrected chi connectivity index (χ0v) is 14.9. The Hall–Kier alpha value is -0.740. The summed E-state index contributed by atoms with van der Waals surface area (Å²) in [7, 11) is 1.67. The summed E-state index contributed by atoms with van der Waals surface area (Å²) in [4.78, 5) is 0. The summed E-state index contributed by atoms with van der Waals surface area (Å²) in [6.45, 7) is 11.4. The number of hydrogen-bond acceptors (Lipinski definition) is 3. The minimum atomic E-state index is 0.0949. The molecule has 0 saturated carbocycles. The predicted molar refractivity (Wildman–Crippen MR) is 87.7 cm³/mol. The van der Waals surface area contributed by atoms with E-state index in [-0.39, 0.29) is 11.6 Å². The molecule has 0 fully saturated rings. The minimum absolute atomic E-state index is 0.0949. The molecule has 0 amide bonds. The van der Waals surface area contributed by atoms with Crippen LogP contribution in [0.2, 0.25) is 0 Å². The van der Waals surface area contributed by atoms with E-state index in [0.717, 1.165) is 34.5 Å². The van der Waals surface area contributed by atoms with Crippen LogP contribution in [0.15, 0.2) is 16.6 Å². The van der Waals surface area contributed by atoms with Crippen molar-refractivity contribution < 1.29 is 9.47 Å². The van der Waals surface area contributed by atoms with Crippen LogP contribution in [-0.2, 0) is 6.54 Å². The van der Waals surface area contributed by atoms with Gasteiger partial charge in [0.05, 0.1) is 13.2 Å². The second-order valence-corrected chi connectivity index (χ2v) is 6.67. The van der Waals surface area contributed by atoms with Gasteiger partial charge in [0.1, 0.15) is 0 Å². The summed E-state index contributed by atoms with van der Waals surface area (Å²) < 4.78 is 12.4. The fourth-order valence-electron chi connectivity index (χ4n) is 1.73. The van der Waals surface area contributed by atoms with Crippen LogP contribution in [0.1, 0.15) is 46.6 Å². The monoisotopic (exact) mass is 343 g/mol. The largest absolute Gasteiger partial charge is 0.493 e. The van der Waals surface area contributed by atoms with E-state index in [1.807, 2.05) is 26.0 Å². The highest BCUT2D eigenvalue weighted by atomic mass is 79.9. The highest BCUT2D eigenvalue weighted by molar-refractivity contribution is 9.10. The van der Waals surface area contributed by atoms with Crippen molar-refractivity contribution in [3.05, 3.63) is 22.2 Å². The number of hydrogen-bond donors (Lipinski definition) is 1. The molecule has 0 radical (unpaired) electrons. The fourth-order valence-corrected chi connectivity index (χ4v) is 2.18. The lowest BCUT2D eigenvalue weighted by molar-refractivity contribution is 0.226. The predicted octanol–water partition coefficient (Wildman–Crippen LogP) is 4.52. The smallest absolute Gasteiger partial charge is 0.167 e. The summed E-state index contributed by atoms with van der Waals surface area (Å²) in [6, 6.07) is 3.93. The lowest BCUT2D eigenvalue weighted by Crippen LogP contribution is -2.38. The van der Waals surface area contributed by atoms with Crippen LogP contribution in [0.25, 0.3) is 0 Å². The van der Waals surface area contributed by atoms with E-state index in [4.69, 9.17) is 9.47 Å². The summed E-state index contributed by atoms with van der Waals surface area (Å²) in [5, 5.41) is 3.57. The first-order valence-electron chi connectivity index (χ1n) is 7.07. The van der Waals surface area contributed by atoms with Gasteiger partial charge in [-0.3, -0.25) is 0 Å². The van der Waals surface area contributed by atoms with E-state index in [9.17, 15) is 0 Å². The number of rotatable bonds is 7. The average molecular weight is 344 g/mol. The molecule has 3 nitrogen and oxygen atoms in total. The number of nitrogens with one attached hydrogen (secondary N) is 1. The zero-order chi connectivity index (χ0) is 15.3. The molecular formula is C16H26BrNO2. The molecule has 20 heavy (non-hydrogen) atoms. The third-order valence-corrected chi connectivity index (χ3v) is 4.11. The number of halogens is 1. The van der Waals surface area contributed by atoms with Crippen molar-refractivity contribution in [1.29, 1.82) is 0 Å². The Morgan fingerprint density at radius 3 is 2.45 bits per heavy atom. The summed E-state index contributed by atoms with van der Waals surface area (Å²) >= 11 is 3.61. The summed E-state index contributed by atoms with van der Waals surface area (Å²) in [5.41, 5.74) is 1.19. The maximum absolute atomic E-state index is 5.95. The van der Waals surface area contributed by atoms with E-state index >= 15 is 0 Å².